The number of hydrogen-bond donors (Lipinski definition) is 8. The fourth-order valence-electron chi connectivity index (χ4n) is 2.55. The van der Waals surface area contributed by atoms with E-state index in [0.717, 1.165) is 0 Å². The summed E-state index contributed by atoms with van der Waals surface area (Å²) in [7, 11) is 0. The summed E-state index contributed by atoms with van der Waals surface area (Å²) in [5, 5.41) is 16.1. The molecule has 0 aliphatic carbocycles. The normalized spacial score (nSPS) is 13.6. The van der Waals surface area contributed by atoms with Crippen LogP contribution in [-0.2, 0) is 32.0 Å². The summed E-state index contributed by atoms with van der Waals surface area (Å²) in [5.74, 6) is -3.28. The van der Waals surface area contributed by atoms with Gasteiger partial charge in [-0.15, -0.1) is 0 Å². The van der Waals surface area contributed by atoms with Gasteiger partial charge in [-0.2, -0.15) is 12.6 Å². The van der Waals surface area contributed by atoms with Crippen molar-refractivity contribution < 1.29 is 24.3 Å². The van der Waals surface area contributed by atoms with E-state index in [1.807, 2.05) is 0 Å². The number of thiol groups is 1. The number of aromatic amines is 2. The minimum absolute atomic E-state index is 0.0738. The van der Waals surface area contributed by atoms with Gasteiger partial charge in [0.05, 0.1) is 25.2 Å². The van der Waals surface area contributed by atoms with Crippen LogP contribution in [0.1, 0.15) is 11.4 Å². The molecule has 8 N–H and O–H groups in total. The fraction of sp³-hybridized carbons (Fsp3) is 0.412. The monoisotopic (exact) mass is 452 g/mol. The highest BCUT2D eigenvalue weighted by Gasteiger charge is 2.26. The van der Waals surface area contributed by atoms with E-state index in [9.17, 15) is 19.2 Å². The summed E-state index contributed by atoms with van der Waals surface area (Å²) in [6.07, 6.45) is 6.18. The lowest BCUT2D eigenvalue weighted by atomic mass is 10.1. The maximum absolute atomic E-state index is 12.6. The quantitative estimate of drug-likeness (QED) is 0.159. The molecule has 168 valence electrons. The Hall–Kier alpha value is -3.39. The molecule has 0 saturated carbocycles. The Morgan fingerprint density at radius 3 is 2.13 bits per heavy atom. The first-order valence-corrected chi connectivity index (χ1v) is 9.84. The molecule has 0 aromatic carbocycles. The number of nitrogens with zero attached hydrogens (tertiary/aromatic N) is 2. The van der Waals surface area contributed by atoms with E-state index >= 15 is 0 Å². The van der Waals surface area contributed by atoms with Crippen LogP contribution in [0.3, 0.4) is 0 Å². The van der Waals surface area contributed by atoms with Crippen LogP contribution in [0, 0.1) is 0 Å². The summed E-state index contributed by atoms with van der Waals surface area (Å²) in [4.78, 5) is 61.4. The third kappa shape index (κ3) is 7.75. The lowest BCUT2D eigenvalue weighted by Crippen LogP contribution is -2.54. The number of H-pyrrole nitrogens is 2. The molecule has 2 rings (SSSR count). The third-order valence-corrected chi connectivity index (χ3v) is 4.55. The largest absolute Gasteiger partial charge is 0.480 e. The third-order valence-electron chi connectivity index (χ3n) is 4.18. The van der Waals surface area contributed by atoms with Crippen molar-refractivity contribution in [3.05, 3.63) is 36.4 Å². The van der Waals surface area contributed by atoms with E-state index in [-0.39, 0.29) is 18.6 Å². The Balaban J connectivity index is 1.96. The van der Waals surface area contributed by atoms with Crippen LogP contribution in [0.15, 0.2) is 25.0 Å². The first-order valence-electron chi connectivity index (χ1n) is 9.21. The van der Waals surface area contributed by atoms with E-state index in [1.54, 1.807) is 0 Å². The van der Waals surface area contributed by atoms with Crippen molar-refractivity contribution in [1.82, 2.24) is 35.9 Å². The Morgan fingerprint density at radius 1 is 1.00 bits per heavy atom. The number of hydrogen-bond acceptors (Lipinski definition) is 8. The number of nitrogens with one attached hydrogen (secondary N) is 5. The first-order chi connectivity index (χ1) is 14.8. The Kier molecular flexibility index (Phi) is 9.02. The maximum Gasteiger partial charge on any atom is 0.327 e. The van der Waals surface area contributed by atoms with Gasteiger partial charge in [0.1, 0.15) is 12.1 Å². The molecular formula is C17H24N8O5S. The van der Waals surface area contributed by atoms with Gasteiger partial charge in [-0.25, -0.2) is 14.8 Å². The highest BCUT2D eigenvalue weighted by molar-refractivity contribution is 7.80. The molecule has 0 saturated heterocycles. The van der Waals surface area contributed by atoms with Crippen LogP contribution >= 0.6 is 12.6 Å². The van der Waals surface area contributed by atoms with Crippen LogP contribution in [0.5, 0.6) is 0 Å². The van der Waals surface area contributed by atoms with Crippen LogP contribution in [0.2, 0.25) is 0 Å². The van der Waals surface area contributed by atoms with Gasteiger partial charge in [-0.3, -0.25) is 14.4 Å². The number of nitrogens with two attached hydrogens (primary N) is 1. The number of carbonyl (C=O) groups excluding carboxylic acids is 3. The maximum atomic E-state index is 12.6. The van der Waals surface area contributed by atoms with Crippen molar-refractivity contribution in [2.45, 2.75) is 31.0 Å². The van der Waals surface area contributed by atoms with Crippen LogP contribution in [0.4, 0.5) is 0 Å². The van der Waals surface area contributed by atoms with E-state index < -0.39 is 48.4 Å². The number of amides is 3. The second kappa shape index (κ2) is 11.7. The minimum Gasteiger partial charge on any atom is -0.480 e. The molecule has 2 aromatic heterocycles. The molecule has 3 atom stereocenters. The molecule has 14 heteroatoms. The molecular weight excluding hydrogens is 428 g/mol. The number of carbonyl (C=O) groups is 4. The highest BCUT2D eigenvalue weighted by Crippen LogP contribution is 2.02. The number of aromatic nitrogens is 4. The number of rotatable bonds is 12. The Labute approximate surface area is 182 Å². The SMILES string of the molecule is NC(Cc1cnc[nH]1)C(=O)NC(Cc1cnc[nH]1)C(=O)NCC(=O)NC(CS)C(=O)O. The summed E-state index contributed by atoms with van der Waals surface area (Å²) in [5.41, 5.74) is 7.15. The van der Waals surface area contributed by atoms with E-state index in [4.69, 9.17) is 10.8 Å². The molecule has 0 aliphatic rings. The predicted molar refractivity (Wildman–Crippen MR) is 111 cm³/mol. The van der Waals surface area contributed by atoms with Gasteiger partial charge in [0.15, 0.2) is 0 Å². The molecule has 0 fully saturated rings. The number of aliphatic carboxylic acids is 1. The minimum atomic E-state index is -1.25. The average molecular weight is 452 g/mol. The van der Waals surface area contributed by atoms with Gasteiger partial charge in [0, 0.05) is 42.4 Å². The first kappa shape index (κ1) is 23.9. The van der Waals surface area contributed by atoms with Gasteiger partial charge in [0.25, 0.3) is 0 Å². The smallest absolute Gasteiger partial charge is 0.327 e. The molecule has 2 aromatic rings. The van der Waals surface area contributed by atoms with Crippen LogP contribution in [0.25, 0.3) is 0 Å². The lowest BCUT2D eigenvalue weighted by Gasteiger charge is -2.20. The van der Waals surface area contributed by atoms with Crippen molar-refractivity contribution in [2.24, 2.45) is 5.73 Å². The predicted octanol–water partition coefficient (Wildman–Crippen LogP) is -2.65. The molecule has 13 nitrogen and oxygen atoms in total. The molecule has 3 amide bonds. The second-order valence-corrected chi connectivity index (χ2v) is 6.95. The summed E-state index contributed by atoms with van der Waals surface area (Å²) >= 11 is 3.85. The zero-order valence-electron chi connectivity index (χ0n) is 16.4. The molecule has 0 aliphatic heterocycles. The van der Waals surface area contributed by atoms with Gasteiger partial charge in [-0.1, -0.05) is 0 Å². The second-order valence-electron chi connectivity index (χ2n) is 6.59. The van der Waals surface area contributed by atoms with Crippen molar-refractivity contribution in [2.75, 3.05) is 12.3 Å². The van der Waals surface area contributed by atoms with Gasteiger partial charge >= 0.3 is 5.97 Å². The van der Waals surface area contributed by atoms with Crippen molar-refractivity contribution in [3.8, 4) is 0 Å². The van der Waals surface area contributed by atoms with E-state index in [1.165, 1.54) is 25.0 Å². The molecule has 2 heterocycles. The number of imidazole rings is 2. The van der Waals surface area contributed by atoms with Crippen molar-refractivity contribution in [3.63, 3.8) is 0 Å². The van der Waals surface area contributed by atoms with Crippen molar-refractivity contribution in [1.29, 1.82) is 0 Å². The van der Waals surface area contributed by atoms with E-state index in [0.29, 0.717) is 11.4 Å². The molecule has 0 radical (unpaired) electrons. The standard InChI is InChI=1S/C17H24N8O5S/c18-11(1-9-3-19-7-22-9)15(27)25-12(2-10-4-20-8-23-10)16(28)21-5-14(26)24-13(6-31)17(29)30/h3-4,7-8,11-13,31H,1-2,5-6,18H2,(H,19,22)(H,20,23)(H,21,28)(H,24,26)(H,25,27)(H,29,30). The Bertz CT molecular complexity index is 873. The van der Waals surface area contributed by atoms with Gasteiger partial charge < -0.3 is 36.8 Å². The molecule has 3 unspecified atom stereocenters. The molecule has 31 heavy (non-hydrogen) atoms. The molecule has 0 spiro atoms. The topological polar surface area (TPSA) is 208 Å². The summed E-state index contributed by atoms with van der Waals surface area (Å²) < 4.78 is 0. The van der Waals surface area contributed by atoms with Crippen LogP contribution < -0.4 is 21.7 Å². The van der Waals surface area contributed by atoms with Crippen LogP contribution in [-0.4, -0.2) is 79.2 Å². The Morgan fingerprint density at radius 2 is 1.61 bits per heavy atom. The zero-order valence-corrected chi connectivity index (χ0v) is 17.3. The van der Waals surface area contributed by atoms with E-state index in [2.05, 4.69) is 48.5 Å². The highest BCUT2D eigenvalue weighted by atomic mass is 32.1. The summed E-state index contributed by atoms with van der Waals surface area (Å²) in [6, 6.07) is -3.17. The number of carboxylic acids is 1. The zero-order chi connectivity index (χ0) is 22.8. The lowest BCUT2D eigenvalue weighted by molar-refractivity contribution is -0.141. The number of carboxylic acid groups (broad SMARTS) is 1. The average Bonchev–Trinajstić information content (AvgIpc) is 3.43. The molecule has 0 bridgehead atoms. The van der Waals surface area contributed by atoms with Crippen molar-refractivity contribution >= 4 is 36.3 Å². The van der Waals surface area contributed by atoms with Gasteiger partial charge in [-0.05, 0) is 0 Å². The summed E-state index contributed by atoms with van der Waals surface area (Å²) in [6.45, 7) is -0.480. The fourth-order valence-corrected chi connectivity index (χ4v) is 2.80. The van der Waals surface area contributed by atoms with Gasteiger partial charge in [0.2, 0.25) is 17.7 Å².